The number of ether oxygens (including phenoxy) is 4. The van der Waals surface area contributed by atoms with E-state index < -0.39 is 42.2 Å². The molecule has 226 valence electrons. The van der Waals surface area contributed by atoms with Crippen molar-refractivity contribution < 1.29 is 38.1 Å². The van der Waals surface area contributed by atoms with Gasteiger partial charge >= 0.3 is 12.0 Å². The minimum Gasteiger partial charge on any atom is -0.497 e. The van der Waals surface area contributed by atoms with Crippen molar-refractivity contribution in [2.24, 2.45) is 0 Å². The Hall–Kier alpha value is -4.94. The Morgan fingerprint density at radius 2 is 1.56 bits per heavy atom. The maximum absolute atomic E-state index is 14.4. The molecule has 0 aromatic heterocycles. The number of rotatable bonds is 12. The lowest BCUT2D eigenvalue weighted by Gasteiger charge is -2.32. The predicted molar refractivity (Wildman–Crippen MR) is 159 cm³/mol. The molecule has 1 aliphatic rings. The van der Waals surface area contributed by atoms with E-state index in [2.05, 4.69) is 16.0 Å². The van der Waals surface area contributed by atoms with Crippen LogP contribution in [0.3, 0.4) is 0 Å². The van der Waals surface area contributed by atoms with E-state index in [-0.39, 0.29) is 13.2 Å². The molecule has 0 bridgehead atoms. The number of para-hydroxylation sites is 1. The molecule has 1 atom stereocenters. The molecule has 4 rings (SSSR count). The molecule has 0 radical (unpaired) electrons. The first-order valence-corrected chi connectivity index (χ1v) is 13.6. The summed E-state index contributed by atoms with van der Waals surface area (Å²) in [7, 11) is 2.78. The Morgan fingerprint density at radius 1 is 0.860 bits per heavy atom. The number of fused-ring (bicyclic) bond motifs is 1. The van der Waals surface area contributed by atoms with Crippen LogP contribution in [0.5, 0.6) is 5.75 Å². The van der Waals surface area contributed by atoms with Crippen molar-refractivity contribution >= 4 is 40.9 Å². The molecule has 3 aromatic rings. The second kappa shape index (κ2) is 13.8. The molecule has 3 aromatic carbocycles. The number of hydrogen-bond acceptors (Lipinski definition) is 8. The average Bonchev–Trinajstić information content (AvgIpc) is 3.23. The molecule has 0 aliphatic carbocycles. The minimum absolute atomic E-state index is 0.245. The molecule has 43 heavy (non-hydrogen) atoms. The van der Waals surface area contributed by atoms with Crippen molar-refractivity contribution in [2.75, 3.05) is 43.0 Å². The molecular formula is C31H34N4O8. The third-order valence-electron chi connectivity index (χ3n) is 6.71. The molecule has 12 heteroatoms. The fourth-order valence-electron chi connectivity index (χ4n) is 4.81. The van der Waals surface area contributed by atoms with Gasteiger partial charge in [-0.15, -0.1) is 0 Å². The number of carbonyl (C=O) groups excluding carboxylic acids is 4. The number of nitrogens with one attached hydrogen (secondary N) is 3. The SMILES string of the molecule is CCOC(OCC)N1C(=O)C(CC(=O)Nc2ccc(C(=O)OC)cc2)(NC(=O)Nc2cccc(OC)c2)c2ccccc21. The van der Waals surface area contributed by atoms with E-state index in [9.17, 15) is 19.2 Å². The van der Waals surface area contributed by atoms with Gasteiger partial charge in [0.05, 0.1) is 31.9 Å². The highest BCUT2D eigenvalue weighted by atomic mass is 16.7. The number of hydrogen-bond donors (Lipinski definition) is 3. The normalized spacial score (nSPS) is 15.6. The Labute approximate surface area is 249 Å². The fraction of sp³-hybridized carbons (Fsp3) is 0.290. The Balaban J connectivity index is 1.70. The van der Waals surface area contributed by atoms with Crippen molar-refractivity contribution in [3.05, 3.63) is 83.9 Å². The van der Waals surface area contributed by atoms with Crippen LogP contribution in [0.1, 0.15) is 36.2 Å². The quantitative estimate of drug-likeness (QED) is 0.210. The van der Waals surface area contributed by atoms with Crippen molar-refractivity contribution in [3.63, 3.8) is 0 Å². The summed E-state index contributed by atoms with van der Waals surface area (Å²) < 4.78 is 21.5. The maximum Gasteiger partial charge on any atom is 0.337 e. The van der Waals surface area contributed by atoms with Crippen LogP contribution in [-0.2, 0) is 29.3 Å². The van der Waals surface area contributed by atoms with Crippen LogP contribution < -0.4 is 25.6 Å². The lowest BCUT2D eigenvalue weighted by molar-refractivity contribution is -0.153. The molecule has 1 aliphatic heterocycles. The van der Waals surface area contributed by atoms with E-state index in [1.54, 1.807) is 62.4 Å². The van der Waals surface area contributed by atoms with E-state index in [4.69, 9.17) is 18.9 Å². The molecule has 4 amide bonds. The van der Waals surface area contributed by atoms with Gasteiger partial charge in [-0.25, -0.2) is 9.59 Å². The summed E-state index contributed by atoms with van der Waals surface area (Å²) in [6.45, 7) is 4.03. The Morgan fingerprint density at radius 3 is 2.21 bits per heavy atom. The number of amides is 4. The van der Waals surface area contributed by atoms with Gasteiger partial charge in [0.1, 0.15) is 5.75 Å². The Bertz CT molecular complexity index is 1470. The second-order valence-electron chi connectivity index (χ2n) is 9.42. The van der Waals surface area contributed by atoms with Crippen LogP contribution in [0.4, 0.5) is 21.9 Å². The van der Waals surface area contributed by atoms with Gasteiger partial charge in [0, 0.05) is 36.2 Å². The second-order valence-corrected chi connectivity index (χ2v) is 9.42. The number of nitrogens with zero attached hydrogens (tertiary/aromatic N) is 1. The number of benzene rings is 3. The summed E-state index contributed by atoms with van der Waals surface area (Å²) in [5.74, 6) is -1.18. The molecule has 0 saturated carbocycles. The van der Waals surface area contributed by atoms with Crippen molar-refractivity contribution in [1.82, 2.24) is 5.32 Å². The van der Waals surface area contributed by atoms with Crippen LogP contribution >= 0.6 is 0 Å². The zero-order chi connectivity index (χ0) is 31.0. The van der Waals surface area contributed by atoms with Gasteiger partial charge in [0.25, 0.3) is 5.91 Å². The highest BCUT2D eigenvalue weighted by Crippen LogP contribution is 2.44. The van der Waals surface area contributed by atoms with Gasteiger partial charge in [0.15, 0.2) is 5.54 Å². The summed E-state index contributed by atoms with van der Waals surface area (Å²) in [4.78, 5) is 54.5. The number of methoxy groups -OCH3 is 2. The third-order valence-corrected chi connectivity index (χ3v) is 6.71. The molecule has 0 spiro atoms. The summed E-state index contributed by atoms with van der Waals surface area (Å²) >= 11 is 0. The van der Waals surface area contributed by atoms with E-state index >= 15 is 0 Å². The average molecular weight is 591 g/mol. The first-order valence-electron chi connectivity index (χ1n) is 13.6. The molecule has 1 unspecified atom stereocenters. The lowest BCUT2D eigenvalue weighted by atomic mass is 9.87. The maximum atomic E-state index is 14.4. The highest BCUT2D eigenvalue weighted by Gasteiger charge is 2.55. The zero-order valence-electron chi connectivity index (χ0n) is 24.3. The van der Waals surface area contributed by atoms with Crippen LogP contribution in [-0.4, -0.2) is 57.7 Å². The molecular weight excluding hydrogens is 556 g/mol. The zero-order valence-corrected chi connectivity index (χ0v) is 24.3. The first-order chi connectivity index (χ1) is 20.8. The number of anilines is 3. The largest absolute Gasteiger partial charge is 0.497 e. The number of urea groups is 1. The van der Waals surface area contributed by atoms with E-state index in [0.717, 1.165) is 0 Å². The summed E-state index contributed by atoms with van der Waals surface area (Å²) in [5.41, 5.74) is 0.0890. The molecule has 12 nitrogen and oxygen atoms in total. The van der Waals surface area contributed by atoms with E-state index in [1.165, 1.54) is 43.4 Å². The van der Waals surface area contributed by atoms with Crippen LogP contribution in [0, 0.1) is 0 Å². The molecule has 3 N–H and O–H groups in total. The predicted octanol–water partition coefficient (Wildman–Crippen LogP) is 4.23. The first kappa shape index (κ1) is 31.0. The van der Waals surface area contributed by atoms with Crippen molar-refractivity contribution in [2.45, 2.75) is 32.2 Å². The van der Waals surface area contributed by atoms with Gasteiger partial charge in [-0.1, -0.05) is 24.3 Å². The fourth-order valence-corrected chi connectivity index (χ4v) is 4.81. The van der Waals surface area contributed by atoms with E-state index in [1.807, 2.05) is 0 Å². The highest BCUT2D eigenvalue weighted by molar-refractivity contribution is 6.13. The topological polar surface area (TPSA) is 145 Å². The van der Waals surface area contributed by atoms with Gasteiger partial charge in [-0.05, 0) is 56.3 Å². The summed E-state index contributed by atoms with van der Waals surface area (Å²) in [5, 5.41) is 8.26. The molecule has 0 fully saturated rings. The third kappa shape index (κ3) is 6.76. The van der Waals surface area contributed by atoms with Gasteiger partial charge in [-0.2, -0.15) is 0 Å². The molecule has 0 saturated heterocycles. The summed E-state index contributed by atoms with van der Waals surface area (Å²) in [6, 6.07) is 18.9. The minimum atomic E-state index is -1.83. The Kier molecular flexibility index (Phi) is 9.96. The van der Waals surface area contributed by atoms with Gasteiger partial charge in [-0.3, -0.25) is 14.5 Å². The standard InChI is InChI=1S/C31H34N4O8/c1-5-42-30(43-6-2)35-25-13-8-7-12-24(25)31(28(35)38,34-29(39)33-22-10-9-11-23(18-22)40-3)19-26(36)32-21-16-14-20(15-17-21)27(37)41-4/h7-18,30H,5-6,19H2,1-4H3,(H,32,36)(H2,33,34,39). The number of carbonyl (C=O) groups is 4. The van der Waals surface area contributed by atoms with Gasteiger partial charge in [0.2, 0.25) is 12.3 Å². The summed E-state index contributed by atoms with van der Waals surface area (Å²) in [6.07, 6.45) is -1.56. The van der Waals surface area contributed by atoms with Crippen LogP contribution in [0.15, 0.2) is 72.8 Å². The van der Waals surface area contributed by atoms with Gasteiger partial charge < -0.3 is 34.9 Å². The van der Waals surface area contributed by atoms with Crippen molar-refractivity contribution in [1.29, 1.82) is 0 Å². The molecule has 1 heterocycles. The lowest BCUT2D eigenvalue weighted by Crippen LogP contribution is -2.57. The number of esters is 1. The van der Waals surface area contributed by atoms with Crippen LogP contribution in [0.25, 0.3) is 0 Å². The van der Waals surface area contributed by atoms with Crippen LogP contribution in [0.2, 0.25) is 0 Å². The monoisotopic (exact) mass is 590 g/mol. The van der Waals surface area contributed by atoms with Crippen molar-refractivity contribution in [3.8, 4) is 5.75 Å². The smallest absolute Gasteiger partial charge is 0.337 e. The van der Waals surface area contributed by atoms with E-state index in [0.29, 0.717) is 33.9 Å².